The minimum atomic E-state index is -1.04. The Labute approximate surface area is 164 Å². The minimum absolute atomic E-state index is 0.137. The topological polar surface area (TPSA) is 65.0 Å². The Morgan fingerprint density at radius 3 is 2.41 bits per heavy atom. The number of carboxylic acids is 1. The van der Waals surface area contributed by atoms with Crippen LogP contribution < -0.4 is 14.2 Å². The summed E-state index contributed by atoms with van der Waals surface area (Å²) in [4.78, 5) is 11.8. The number of halogens is 1. The number of ether oxygens (including phenoxy) is 3. The van der Waals surface area contributed by atoms with E-state index < -0.39 is 5.97 Å². The Kier molecular flexibility index (Phi) is 7.55. The first kappa shape index (κ1) is 20.6. The van der Waals surface area contributed by atoms with Gasteiger partial charge < -0.3 is 19.3 Å². The van der Waals surface area contributed by atoms with Gasteiger partial charge in [0.05, 0.1) is 30.9 Å². The summed E-state index contributed by atoms with van der Waals surface area (Å²) >= 11 is 6.36. The molecule has 0 amide bonds. The fourth-order valence-electron chi connectivity index (χ4n) is 2.48. The van der Waals surface area contributed by atoms with Gasteiger partial charge in [0.25, 0.3) is 0 Å². The Balaban J connectivity index is 2.47. The van der Waals surface area contributed by atoms with Crippen molar-refractivity contribution in [3.8, 4) is 17.2 Å². The van der Waals surface area contributed by atoms with Crippen LogP contribution in [0.4, 0.5) is 0 Å². The Hall–Kier alpha value is -2.66. The van der Waals surface area contributed by atoms with Gasteiger partial charge in [-0.25, -0.2) is 4.79 Å². The monoisotopic (exact) mass is 390 g/mol. The number of hydrogen-bond acceptors (Lipinski definition) is 4. The van der Waals surface area contributed by atoms with Crippen LogP contribution >= 0.6 is 11.6 Å². The van der Waals surface area contributed by atoms with E-state index in [1.54, 1.807) is 49.6 Å². The first-order valence-corrected chi connectivity index (χ1v) is 9.06. The third-order valence-corrected chi connectivity index (χ3v) is 4.01. The summed E-state index contributed by atoms with van der Waals surface area (Å²) in [6.45, 7) is 4.82. The van der Waals surface area contributed by atoms with Crippen molar-refractivity contribution in [3.63, 3.8) is 0 Å². The van der Waals surface area contributed by atoms with Gasteiger partial charge in [0, 0.05) is 0 Å². The summed E-state index contributed by atoms with van der Waals surface area (Å²) in [6.07, 6.45) is 2.40. The highest BCUT2D eigenvalue weighted by Gasteiger charge is 2.15. The van der Waals surface area contributed by atoms with Crippen LogP contribution in [0.15, 0.2) is 36.4 Å². The quantitative estimate of drug-likeness (QED) is 0.473. The van der Waals surface area contributed by atoms with Crippen molar-refractivity contribution in [3.05, 3.63) is 52.5 Å². The van der Waals surface area contributed by atoms with Crippen LogP contribution in [-0.4, -0.2) is 31.4 Å². The van der Waals surface area contributed by atoms with Crippen molar-refractivity contribution >= 4 is 29.2 Å². The lowest BCUT2D eigenvalue weighted by molar-refractivity contribution is -0.130. The van der Waals surface area contributed by atoms with E-state index in [0.29, 0.717) is 46.6 Å². The molecular weight excluding hydrogens is 368 g/mol. The molecular formula is C21H23ClO5. The van der Waals surface area contributed by atoms with Gasteiger partial charge in [0.15, 0.2) is 11.5 Å². The predicted molar refractivity (Wildman–Crippen MR) is 107 cm³/mol. The van der Waals surface area contributed by atoms with Crippen molar-refractivity contribution in [2.75, 3.05) is 20.3 Å². The molecule has 0 unspecified atom stereocenters. The zero-order valence-corrected chi connectivity index (χ0v) is 16.4. The molecule has 2 rings (SSSR count). The van der Waals surface area contributed by atoms with E-state index in [0.717, 1.165) is 6.42 Å². The highest BCUT2D eigenvalue weighted by Crippen LogP contribution is 2.38. The van der Waals surface area contributed by atoms with Crippen LogP contribution in [0.1, 0.15) is 31.4 Å². The van der Waals surface area contributed by atoms with Crippen LogP contribution in [0.2, 0.25) is 5.02 Å². The molecule has 0 bridgehead atoms. The number of aliphatic carboxylic acids is 1. The fourth-order valence-corrected chi connectivity index (χ4v) is 2.76. The molecule has 0 aliphatic carbocycles. The van der Waals surface area contributed by atoms with Crippen LogP contribution in [-0.2, 0) is 4.79 Å². The second-order valence-electron chi connectivity index (χ2n) is 5.70. The zero-order chi connectivity index (χ0) is 19.8. The average Bonchev–Trinajstić information content (AvgIpc) is 2.65. The highest BCUT2D eigenvalue weighted by atomic mass is 35.5. The van der Waals surface area contributed by atoms with Crippen LogP contribution in [0.25, 0.3) is 11.6 Å². The number of rotatable bonds is 9. The van der Waals surface area contributed by atoms with Gasteiger partial charge in [-0.2, -0.15) is 0 Å². The smallest absolute Gasteiger partial charge is 0.336 e. The maximum atomic E-state index is 11.8. The molecule has 0 aromatic heterocycles. The summed E-state index contributed by atoms with van der Waals surface area (Å²) in [5.41, 5.74) is 1.31. The number of benzene rings is 2. The molecule has 0 aliphatic heterocycles. The lowest BCUT2D eigenvalue weighted by Gasteiger charge is -2.14. The molecule has 6 heteroatoms. The molecule has 2 aromatic carbocycles. The molecule has 0 spiro atoms. The number of hydrogen-bond donors (Lipinski definition) is 1. The highest BCUT2D eigenvalue weighted by molar-refractivity contribution is 6.32. The van der Waals surface area contributed by atoms with Gasteiger partial charge in [0.2, 0.25) is 0 Å². The summed E-state index contributed by atoms with van der Waals surface area (Å²) in [5.74, 6) is 0.575. The SMILES string of the molecule is CCCOc1c(Cl)cc(/C=C(\C(=O)O)c2ccc(OC)cc2)cc1OCC. The molecule has 0 fully saturated rings. The molecule has 0 radical (unpaired) electrons. The fraction of sp³-hybridized carbons (Fsp3) is 0.286. The van der Waals surface area contributed by atoms with Gasteiger partial charge >= 0.3 is 5.97 Å². The molecule has 27 heavy (non-hydrogen) atoms. The Bertz CT molecular complexity index is 812. The molecule has 2 aromatic rings. The Morgan fingerprint density at radius 2 is 1.85 bits per heavy atom. The third kappa shape index (κ3) is 5.41. The van der Waals surface area contributed by atoms with Crippen LogP contribution in [0.5, 0.6) is 17.2 Å². The lowest BCUT2D eigenvalue weighted by atomic mass is 10.0. The van der Waals surface area contributed by atoms with E-state index in [1.807, 2.05) is 13.8 Å². The number of carbonyl (C=O) groups is 1. The van der Waals surface area contributed by atoms with E-state index in [2.05, 4.69) is 0 Å². The summed E-state index contributed by atoms with van der Waals surface area (Å²) in [6, 6.07) is 10.2. The third-order valence-electron chi connectivity index (χ3n) is 3.72. The van der Waals surface area contributed by atoms with E-state index >= 15 is 0 Å². The average molecular weight is 391 g/mol. The van der Waals surface area contributed by atoms with Crippen molar-refractivity contribution < 1.29 is 24.1 Å². The lowest BCUT2D eigenvalue weighted by Crippen LogP contribution is -2.02. The molecule has 1 N–H and O–H groups in total. The Morgan fingerprint density at radius 1 is 1.15 bits per heavy atom. The van der Waals surface area contributed by atoms with E-state index in [1.165, 1.54) is 0 Å². The molecule has 0 saturated heterocycles. The molecule has 5 nitrogen and oxygen atoms in total. The molecule has 0 aliphatic rings. The normalized spacial score (nSPS) is 11.2. The van der Waals surface area contributed by atoms with E-state index in [4.69, 9.17) is 25.8 Å². The molecule has 144 valence electrons. The maximum absolute atomic E-state index is 11.8. The maximum Gasteiger partial charge on any atom is 0.336 e. The molecule has 0 saturated carbocycles. The van der Waals surface area contributed by atoms with E-state index in [9.17, 15) is 9.90 Å². The minimum Gasteiger partial charge on any atom is -0.497 e. The molecule has 0 atom stereocenters. The van der Waals surface area contributed by atoms with E-state index in [-0.39, 0.29) is 5.57 Å². The van der Waals surface area contributed by atoms with Crippen LogP contribution in [0.3, 0.4) is 0 Å². The van der Waals surface area contributed by atoms with Gasteiger partial charge in [-0.15, -0.1) is 0 Å². The van der Waals surface area contributed by atoms with Gasteiger partial charge in [-0.05, 0) is 54.8 Å². The van der Waals surface area contributed by atoms with Crippen molar-refractivity contribution in [2.45, 2.75) is 20.3 Å². The van der Waals surface area contributed by atoms with Crippen LogP contribution in [0, 0.1) is 0 Å². The number of methoxy groups -OCH3 is 1. The van der Waals surface area contributed by atoms with Crippen molar-refractivity contribution in [1.29, 1.82) is 0 Å². The first-order chi connectivity index (χ1) is 13.0. The largest absolute Gasteiger partial charge is 0.497 e. The van der Waals surface area contributed by atoms with Crippen molar-refractivity contribution in [1.82, 2.24) is 0 Å². The number of carboxylic acid groups (broad SMARTS) is 1. The summed E-state index contributed by atoms with van der Waals surface area (Å²) < 4.78 is 16.4. The first-order valence-electron chi connectivity index (χ1n) is 8.68. The predicted octanol–water partition coefficient (Wildman–Crippen LogP) is 5.16. The standard InChI is InChI=1S/C21H23ClO5/c1-4-10-27-20-18(22)12-14(13-19(20)26-5-2)11-17(21(23)24)15-6-8-16(25-3)9-7-15/h6-9,11-13H,4-5,10H2,1-3H3,(H,23,24)/b17-11-. The van der Waals surface area contributed by atoms with Gasteiger partial charge in [0.1, 0.15) is 5.75 Å². The second kappa shape index (κ2) is 9.88. The summed E-state index contributed by atoms with van der Waals surface area (Å²) in [7, 11) is 1.56. The second-order valence-corrected chi connectivity index (χ2v) is 6.11. The van der Waals surface area contributed by atoms with Crippen molar-refractivity contribution in [2.24, 2.45) is 0 Å². The molecule has 0 heterocycles. The zero-order valence-electron chi connectivity index (χ0n) is 15.6. The van der Waals surface area contributed by atoms with Gasteiger partial charge in [-0.1, -0.05) is 30.7 Å². The summed E-state index contributed by atoms with van der Waals surface area (Å²) in [5, 5.41) is 10.0. The van der Waals surface area contributed by atoms with Gasteiger partial charge in [-0.3, -0.25) is 0 Å².